The Morgan fingerprint density at radius 3 is 3.11 bits per heavy atom. The van der Waals surface area contributed by atoms with Crippen molar-refractivity contribution in [1.82, 2.24) is 25.2 Å². The molecule has 3 rings (SSSR count). The summed E-state index contributed by atoms with van der Waals surface area (Å²) >= 11 is 3.33. The summed E-state index contributed by atoms with van der Waals surface area (Å²) in [5, 5.41) is 15.0. The van der Waals surface area contributed by atoms with Crippen molar-refractivity contribution >= 4 is 23.1 Å². The Bertz CT molecular complexity index is 495. The summed E-state index contributed by atoms with van der Waals surface area (Å²) in [5.74, 6) is 0.952. The van der Waals surface area contributed by atoms with Crippen LogP contribution in [0.4, 0.5) is 0 Å². The van der Waals surface area contributed by atoms with Crippen molar-refractivity contribution in [1.29, 1.82) is 0 Å². The van der Waals surface area contributed by atoms with Gasteiger partial charge in [0.2, 0.25) is 5.16 Å². The molecule has 19 heavy (non-hydrogen) atoms. The fourth-order valence-electron chi connectivity index (χ4n) is 2.05. The Morgan fingerprint density at radius 1 is 1.42 bits per heavy atom. The molecule has 6 nitrogen and oxygen atoms in total. The second kappa shape index (κ2) is 6.44. The van der Waals surface area contributed by atoms with Gasteiger partial charge in [-0.05, 0) is 23.3 Å². The van der Waals surface area contributed by atoms with E-state index in [4.69, 9.17) is 4.74 Å². The summed E-state index contributed by atoms with van der Waals surface area (Å²) in [5.41, 5.74) is 3.01. The van der Waals surface area contributed by atoms with Gasteiger partial charge in [0, 0.05) is 30.8 Å². The Hall–Kier alpha value is -0.990. The lowest BCUT2D eigenvalue weighted by Crippen LogP contribution is -2.21. The van der Waals surface area contributed by atoms with Gasteiger partial charge in [0.1, 0.15) is 0 Å². The van der Waals surface area contributed by atoms with E-state index in [0.29, 0.717) is 6.04 Å². The quantitative estimate of drug-likeness (QED) is 0.784. The van der Waals surface area contributed by atoms with Crippen LogP contribution < -0.4 is 0 Å². The van der Waals surface area contributed by atoms with Crippen LogP contribution in [0.1, 0.15) is 24.6 Å². The maximum atomic E-state index is 5.37. The van der Waals surface area contributed by atoms with E-state index in [-0.39, 0.29) is 0 Å². The highest BCUT2D eigenvalue weighted by molar-refractivity contribution is 7.99. The molecule has 0 aliphatic carbocycles. The molecule has 0 unspecified atom stereocenters. The molecule has 1 fully saturated rings. The molecular weight excluding hydrogens is 282 g/mol. The Labute approximate surface area is 119 Å². The number of tetrazole rings is 1. The monoisotopic (exact) mass is 297 g/mol. The lowest BCUT2D eigenvalue weighted by Gasteiger charge is -2.22. The summed E-state index contributed by atoms with van der Waals surface area (Å²) in [6.45, 7) is 1.60. The van der Waals surface area contributed by atoms with Gasteiger partial charge < -0.3 is 4.74 Å². The molecule has 0 bridgehead atoms. The van der Waals surface area contributed by atoms with Gasteiger partial charge in [-0.2, -0.15) is 0 Å². The van der Waals surface area contributed by atoms with Gasteiger partial charge in [-0.25, -0.2) is 9.67 Å². The summed E-state index contributed by atoms with van der Waals surface area (Å²) in [7, 11) is 0. The van der Waals surface area contributed by atoms with Crippen LogP contribution in [0.15, 0.2) is 16.0 Å². The average Bonchev–Trinajstić information content (AvgIpc) is 3.11. The summed E-state index contributed by atoms with van der Waals surface area (Å²) < 4.78 is 7.32. The predicted molar refractivity (Wildman–Crippen MR) is 73.4 cm³/mol. The first-order chi connectivity index (χ1) is 9.43. The molecule has 2 aromatic heterocycles. The molecule has 1 saturated heterocycles. The Balaban J connectivity index is 1.57. The molecular formula is C11H15N5OS2. The topological polar surface area (TPSA) is 65.7 Å². The van der Waals surface area contributed by atoms with Crippen molar-refractivity contribution in [3.8, 4) is 0 Å². The van der Waals surface area contributed by atoms with E-state index in [1.54, 1.807) is 23.1 Å². The first-order valence-electron chi connectivity index (χ1n) is 6.29. The van der Waals surface area contributed by atoms with E-state index in [1.807, 2.05) is 10.2 Å². The Morgan fingerprint density at radius 2 is 2.32 bits per heavy atom. The van der Waals surface area contributed by atoms with Crippen LogP contribution in [0.3, 0.4) is 0 Å². The molecule has 0 saturated carbocycles. The minimum atomic E-state index is 0.380. The molecule has 102 valence electrons. The molecule has 8 heteroatoms. The van der Waals surface area contributed by atoms with Crippen LogP contribution in [0.25, 0.3) is 0 Å². The van der Waals surface area contributed by atoms with Crippen molar-refractivity contribution in [3.05, 3.63) is 16.6 Å². The van der Waals surface area contributed by atoms with E-state index in [2.05, 4.69) is 25.9 Å². The van der Waals surface area contributed by atoms with Crippen LogP contribution in [0.2, 0.25) is 0 Å². The second-order valence-corrected chi connectivity index (χ2v) is 6.11. The lowest BCUT2D eigenvalue weighted by molar-refractivity contribution is 0.0631. The third-order valence-corrected chi connectivity index (χ3v) is 4.64. The largest absolute Gasteiger partial charge is 0.381 e. The van der Waals surface area contributed by atoms with Crippen LogP contribution in [-0.2, 0) is 11.2 Å². The zero-order valence-electron chi connectivity index (χ0n) is 10.4. The van der Waals surface area contributed by atoms with Gasteiger partial charge in [0.25, 0.3) is 0 Å². The molecule has 0 atom stereocenters. The van der Waals surface area contributed by atoms with E-state index < -0.39 is 0 Å². The number of ether oxygens (including phenoxy) is 1. The van der Waals surface area contributed by atoms with Gasteiger partial charge in [0.05, 0.1) is 17.2 Å². The molecule has 0 N–H and O–H groups in total. The van der Waals surface area contributed by atoms with Crippen molar-refractivity contribution < 1.29 is 4.74 Å². The zero-order chi connectivity index (χ0) is 12.9. The minimum Gasteiger partial charge on any atom is -0.381 e. The maximum Gasteiger partial charge on any atom is 0.209 e. The third kappa shape index (κ3) is 3.31. The minimum absolute atomic E-state index is 0.380. The van der Waals surface area contributed by atoms with E-state index in [0.717, 1.165) is 49.1 Å². The van der Waals surface area contributed by atoms with Gasteiger partial charge in [-0.1, -0.05) is 11.8 Å². The van der Waals surface area contributed by atoms with E-state index in [1.165, 1.54) is 0 Å². The van der Waals surface area contributed by atoms with Crippen molar-refractivity contribution in [2.24, 2.45) is 0 Å². The van der Waals surface area contributed by atoms with E-state index in [9.17, 15) is 0 Å². The van der Waals surface area contributed by atoms with Crippen LogP contribution in [0.5, 0.6) is 0 Å². The number of hydrogen-bond acceptors (Lipinski definition) is 7. The number of thiazole rings is 1. The molecule has 0 radical (unpaired) electrons. The summed E-state index contributed by atoms with van der Waals surface area (Å²) in [4.78, 5) is 4.28. The fourth-order valence-corrected chi connectivity index (χ4v) is 3.55. The number of nitrogens with zero attached hydrogens (tertiary/aromatic N) is 5. The average molecular weight is 297 g/mol. The smallest absolute Gasteiger partial charge is 0.209 e. The Kier molecular flexibility index (Phi) is 4.41. The highest BCUT2D eigenvalue weighted by atomic mass is 32.2. The van der Waals surface area contributed by atoms with Gasteiger partial charge in [0.15, 0.2) is 0 Å². The first kappa shape index (κ1) is 13.0. The van der Waals surface area contributed by atoms with Crippen LogP contribution in [-0.4, -0.2) is 44.2 Å². The molecule has 0 aromatic carbocycles. The standard InChI is InChI=1S/C11H15N5OS2/c1-4-17-5-2-10(1)16-11(13-14-15-16)19-6-3-9-7-18-8-12-9/h7-8,10H,1-6H2. The second-order valence-electron chi connectivity index (χ2n) is 4.33. The summed E-state index contributed by atoms with van der Waals surface area (Å²) in [6.07, 6.45) is 2.93. The molecule has 0 spiro atoms. The molecule has 1 aliphatic rings. The highest BCUT2D eigenvalue weighted by Crippen LogP contribution is 2.25. The first-order valence-corrected chi connectivity index (χ1v) is 8.22. The summed E-state index contributed by atoms with van der Waals surface area (Å²) in [6, 6.07) is 0.380. The highest BCUT2D eigenvalue weighted by Gasteiger charge is 2.20. The van der Waals surface area contributed by atoms with Crippen LogP contribution in [0, 0.1) is 0 Å². The number of aryl methyl sites for hydroxylation is 1. The number of aromatic nitrogens is 5. The molecule has 1 aliphatic heterocycles. The van der Waals surface area contributed by atoms with Gasteiger partial charge in [-0.3, -0.25) is 0 Å². The lowest BCUT2D eigenvalue weighted by atomic mass is 10.1. The number of thioether (sulfide) groups is 1. The zero-order valence-corrected chi connectivity index (χ0v) is 12.1. The number of hydrogen-bond donors (Lipinski definition) is 0. The van der Waals surface area contributed by atoms with Crippen LogP contribution >= 0.6 is 23.1 Å². The molecule has 2 aromatic rings. The molecule has 3 heterocycles. The normalized spacial score (nSPS) is 16.8. The predicted octanol–water partition coefficient (Wildman–Crippen LogP) is 1.82. The van der Waals surface area contributed by atoms with Crippen molar-refractivity contribution in [3.63, 3.8) is 0 Å². The van der Waals surface area contributed by atoms with Crippen molar-refractivity contribution in [2.75, 3.05) is 19.0 Å². The van der Waals surface area contributed by atoms with Gasteiger partial charge >= 0.3 is 0 Å². The molecule has 0 amide bonds. The SMILES string of the molecule is c1nc(CCSc2nnnn2C2CCOCC2)cs1. The third-order valence-electron chi connectivity index (χ3n) is 3.07. The van der Waals surface area contributed by atoms with Gasteiger partial charge in [-0.15, -0.1) is 16.4 Å². The van der Waals surface area contributed by atoms with Crippen molar-refractivity contribution in [2.45, 2.75) is 30.5 Å². The van der Waals surface area contributed by atoms with E-state index >= 15 is 0 Å². The fraction of sp³-hybridized carbons (Fsp3) is 0.636. The number of rotatable bonds is 5. The maximum absolute atomic E-state index is 5.37.